The molecular weight excluding hydrogens is 332 g/mol. The number of rotatable bonds is 6. The third-order valence-corrected chi connectivity index (χ3v) is 4.67. The summed E-state index contributed by atoms with van der Waals surface area (Å²) >= 11 is 7.56. The lowest BCUT2D eigenvalue weighted by Gasteiger charge is -2.19. The summed E-state index contributed by atoms with van der Waals surface area (Å²) in [7, 11) is 1.83. The van der Waals surface area contributed by atoms with E-state index < -0.39 is 0 Å². The fourth-order valence-corrected chi connectivity index (χ4v) is 3.16. The van der Waals surface area contributed by atoms with Gasteiger partial charge in [-0.25, -0.2) is 0 Å². The van der Waals surface area contributed by atoms with Crippen molar-refractivity contribution in [2.45, 2.75) is 25.9 Å². The molecule has 0 spiro atoms. The van der Waals surface area contributed by atoms with Crippen LogP contribution in [0.4, 0.5) is 0 Å². The smallest absolute Gasteiger partial charge is 0.232 e. The van der Waals surface area contributed by atoms with Crippen LogP contribution in [0.5, 0.6) is 0 Å². The van der Waals surface area contributed by atoms with Crippen molar-refractivity contribution in [3.05, 3.63) is 35.1 Å². The largest absolute Gasteiger partial charge is 0.345 e. The number of amides is 1. The standard InChI is InChI=1S/C16H21ClN4OS/c1-11(2)8-20(4)15(22)9-23-16-19-18-10-21(16)13-6-5-12(3)14(17)7-13/h5-7,10-11H,8-9H2,1-4H3. The zero-order valence-electron chi connectivity index (χ0n) is 13.8. The zero-order chi connectivity index (χ0) is 17.0. The fraction of sp³-hybridized carbons (Fsp3) is 0.438. The molecule has 0 saturated heterocycles. The first-order valence-corrected chi connectivity index (χ1v) is 8.78. The Balaban J connectivity index is 2.07. The number of benzene rings is 1. The number of carbonyl (C=O) groups is 1. The Morgan fingerprint density at radius 2 is 2.17 bits per heavy atom. The zero-order valence-corrected chi connectivity index (χ0v) is 15.4. The fourth-order valence-electron chi connectivity index (χ4n) is 2.12. The van der Waals surface area contributed by atoms with E-state index in [9.17, 15) is 4.79 Å². The molecule has 0 saturated carbocycles. The summed E-state index contributed by atoms with van der Waals surface area (Å²) in [6.07, 6.45) is 1.63. The molecule has 7 heteroatoms. The lowest BCUT2D eigenvalue weighted by Crippen LogP contribution is -2.31. The van der Waals surface area contributed by atoms with E-state index in [0.717, 1.165) is 17.8 Å². The maximum absolute atomic E-state index is 12.1. The summed E-state index contributed by atoms with van der Waals surface area (Å²) in [5, 5.41) is 9.42. The van der Waals surface area contributed by atoms with Crippen molar-refractivity contribution in [1.29, 1.82) is 0 Å². The first kappa shape index (κ1) is 17.8. The summed E-state index contributed by atoms with van der Waals surface area (Å²) in [4.78, 5) is 13.9. The second kappa shape index (κ2) is 7.84. The second-order valence-corrected chi connectivity index (χ2v) is 7.22. The summed E-state index contributed by atoms with van der Waals surface area (Å²) in [5.74, 6) is 0.870. The first-order chi connectivity index (χ1) is 10.9. The van der Waals surface area contributed by atoms with E-state index in [1.54, 1.807) is 11.2 Å². The Morgan fingerprint density at radius 1 is 1.43 bits per heavy atom. The van der Waals surface area contributed by atoms with Crippen molar-refractivity contribution in [3.63, 3.8) is 0 Å². The van der Waals surface area contributed by atoms with Gasteiger partial charge in [-0.15, -0.1) is 10.2 Å². The summed E-state index contributed by atoms with van der Waals surface area (Å²) < 4.78 is 1.84. The third kappa shape index (κ3) is 4.72. The molecule has 0 unspecified atom stereocenters. The molecule has 2 aromatic rings. The van der Waals surface area contributed by atoms with Gasteiger partial charge in [0.05, 0.1) is 11.4 Å². The van der Waals surface area contributed by atoms with E-state index in [2.05, 4.69) is 24.0 Å². The van der Waals surface area contributed by atoms with Gasteiger partial charge >= 0.3 is 0 Å². The lowest BCUT2D eigenvalue weighted by atomic mass is 10.2. The molecule has 1 amide bonds. The van der Waals surface area contributed by atoms with Crippen molar-refractivity contribution < 1.29 is 4.79 Å². The van der Waals surface area contributed by atoms with Crippen molar-refractivity contribution >= 4 is 29.3 Å². The molecule has 0 radical (unpaired) electrons. The molecule has 1 aromatic carbocycles. The second-order valence-electron chi connectivity index (χ2n) is 5.87. The van der Waals surface area contributed by atoms with Crippen LogP contribution >= 0.6 is 23.4 Å². The molecule has 5 nitrogen and oxygen atoms in total. The van der Waals surface area contributed by atoms with Gasteiger partial charge in [-0.1, -0.05) is 43.3 Å². The minimum Gasteiger partial charge on any atom is -0.345 e. The maximum Gasteiger partial charge on any atom is 0.232 e. The summed E-state index contributed by atoms with van der Waals surface area (Å²) in [5.41, 5.74) is 1.90. The average molecular weight is 353 g/mol. The highest BCUT2D eigenvalue weighted by atomic mass is 35.5. The predicted molar refractivity (Wildman–Crippen MR) is 94.3 cm³/mol. The van der Waals surface area contributed by atoms with E-state index in [1.165, 1.54) is 11.8 Å². The van der Waals surface area contributed by atoms with Crippen LogP contribution in [0.25, 0.3) is 5.69 Å². The van der Waals surface area contributed by atoms with Crippen molar-refractivity contribution in [1.82, 2.24) is 19.7 Å². The van der Waals surface area contributed by atoms with Gasteiger partial charge in [0.15, 0.2) is 5.16 Å². The maximum atomic E-state index is 12.1. The number of thioether (sulfide) groups is 1. The number of aryl methyl sites for hydroxylation is 1. The van der Waals surface area contributed by atoms with Crippen LogP contribution < -0.4 is 0 Å². The minimum atomic E-state index is 0.0835. The van der Waals surface area contributed by atoms with Gasteiger partial charge < -0.3 is 4.90 Å². The topological polar surface area (TPSA) is 51.0 Å². The molecule has 0 aliphatic rings. The molecule has 1 aromatic heterocycles. The van der Waals surface area contributed by atoms with Crippen LogP contribution in [0.1, 0.15) is 19.4 Å². The molecule has 0 aliphatic heterocycles. The van der Waals surface area contributed by atoms with Crippen LogP contribution in [-0.4, -0.2) is 44.9 Å². The van der Waals surface area contributed by atoms with Crippen LogP contribution in [0.2, 0.25) is 5.02 Å². The number of nitrogens with zero attached hydrogens (tertiary/aromatic N) is 4. The van der Waals surface area contributed by atoms with E-state index in [0.29, 0.717) is 21.8 Å². The summed E-state index contributed by atoms with van der Waals surface area (Å²) in [6.45, 7) is 6.89. The van der Waals surface area contributed by atoms with Gasteiger partial charge in [0.25, 0.3) is 0 Å². The van der Waals surface area contributed by atoms with Gasteiger partial charge in [0.2, 0.25) is 5.91 Å². The average Bonchev–Trinajstić information content (AvgIpc) is 2.95. The van der Waals surface area contributed by atoms with E-state index >= 15 is 0 Å². The number of hydrogen-bond donors (Lipinski definition) is 0. The van der Waals surface area contributed by atoms with Crippen molar-refractivity contribution in [2.75, 3.05) is 19.3 Å². The molecule has 124 valence electrons. The van der Waals surface area contributed by atoms with Crippen LogP contribution in [-0.2, 0) is 4.79 Å². The van der Waals surface area contributed by atoms with Crippen molar-refractivity contribution in [2.24, 2.45) is 5.92 Å². The predicted octanol–water partition coefficient (Wildman–Crippen LogP) is 3.44. The third-order valence-electron chi connectivity index (χ3n) is 3.34. The van der Waals surface area contributed by atoms with Crippen LogP contribution in [0.3, 0.4) is 0 Å². The van der Waals surface area contributed by atoms with E-state index in [4.69, 9.17) is 11.6 Å². The van der Waals surface area contributed by atoms with E-state index in [-0.39, 0.29) is 5.91 Å². The Labute approximate surface area is 146 Å². The molecule has 0 bridgehead atoms. The molecule has 1 heterocycles. The minimum absolute atomic E-state index is 0.0835. The quantitative estimate of drug-likeness (QED) is 0.747. The summed E-state index contributed by atoms with van der Waals surface area (Å²) in [6, 6.07) is 5.78. The Hall–Kier alpha value is -1.53. The van der Waals surface area contributed by atoms with Gasteiger partial charge in [-0.2, -0.15) is 0 Å². The van der Waals surface area contributed by atoms with Crippen LogP contribution in [0, 0.1) is 12.8 Å². The van der Waals surface area contributed by atoms with Gasteiger partial charge in [0.1, 0.15) is 6.33 Å². The molecular formula is C16H21ClN4OS. The number of hydrogen-bond acceptors (Lipinski definition) is 4. The van der Waals surface area contributed by atoms with Crippen molar-refractivity contribution in [3.8, 4) is 5.69 Å². The highest BCUT2D eigenvalue weighted by Gasteiger charge is 2.14. The Kier molecular flexibility index (Phi) is 6.07. The molecule has 0 atom stereocenters. The Morgan fingerprint density at radius 3 is 2.83 bits per heavy atom. The highest BCUT2D eigenvalue weighted by molar-refractivity contribution is 7.99. The molecule has 23 heavy (non-hydrogen) atoms. The SMILES string of the molecule is Cc1ccc(-n2cnnc2SCC(=O)N(C)CC(C)C)cc1Cl. The number of carbonyl (C=O) groups excluding carboxylic acids is 1. The normalized spacial score (nSPS) is 11.0. The molecule has 0 N–H and O–H groups in total. The molecule has 2 rings (SSSR count). The van der Waals surface area contributed by atoms with E-state index in [1.807, 2.05) is 36.7 Å². The number of aromatic nitrogens is 3. The first-order valence-electron chi connectivity index (χ1n) is 7.41. The number of halogens is 1. The Bertz CT molecular complexity index is 686. The monoisotopic (exact) mass is 352 g/mol. The van der Waals surface area contributed by atoms with Gasteiger partial charge in [-0.3, -0.25) is 9.36 Å². The lowest BCUT2D eigenvalue weighted by molar-refractivity contribution is -0.127. The van der Waals surface area contributed by atoms with Gasteiger partial charge in [0, 0.05) is 18.6 Å². The van der Waals surface area contributed by atoms with Gasteiger partial charge in [-0.05, 0) is 30.5 Å². The van der Waals surface area contributed by atoms with Crippen LogP contribution in [0.15, 0.2) is 29.7 Å². The molecule has 0 aliphatic carbocycles. The molecule has 0 fully saturated rings. The highest BCUT2D eigenvalue weighted by Crippen LogP contribution is 2.23.